The van der Waals surface area contributed by atoms with Crippen LogP contribution in [0.15, 0.2) is 18.2 Å². The number of anilines is 1. The monoisotopic (exact) mass is 261 g/mol. The Morgan fingerprint density at radius 3 is 2.79 bits per heavy atom. The molecule has 0 aromatic heterocycles. The maximum atomic E-state index is 13.7. The van der Waals surface area contributed by atoms with Crippen LogP contribution in [0, 0.1) is 17.7 Å². The quantitative estimate of drug-likeness (QED) is 0.757. The van der Waals surface area contributed by atoms with E-state index in [1.54, 1.807) is 11.0 Å². The third-order valence-corrected chi connectivity index (χ3v) is 2.94. The van der Waals surface area contributed by atoms with E-state index in [1.165, 1.54) is 12.1 Å². The fourth-order valence-electron chi connectivity index (χ4n) is 1.96. The zero-order chi connectivity index (χ0) is 13.7. The van der Waals surface area contributed by atoms with Gasteiger partial charge >= 0.3 is 6.03 Å². The number of nitrogens with zero attached hydrogens (tertiary/aromatic N) is 1. The number of rotatable bonds is 1. The van der Waals surface area contributed by atoms with Crippen molar-refractivity contribution in [2.75, 3.05) is 25.0 Å². The van der Waals surface area contributed by atoms with Crippen LogP contribution in [-0.4, -0.2) is 30.6 Å². The number of hydrogen-bond acceptors (Lipinski definition) is 2. The summed E-state index contributed by atoms with van der Waals surface area (Å²) in [5.74, 6) is 4.77. The van der Waals surface area contributed by atoms with Crippen LogP contribution in [0.3, 0.4) is 0 Å². The highest BCUT2D eigenvalue weighted by Gasteiger charge is 2.17. The van der Waals surface area contributed by atoms with Crippen LogP contribution >= 0.6 is 0 Å². The Hall–Kier alpha value is -2.06. The van der Waals surface area contributed by atoms with Gasteiger partial charge in [-0.3, -0.25) is 0 Å². The molecule has 19 heavy (non-hydrogen) atoms. The van der Waals surface area contributed by atoms with Gasteiger partial charge in [-0.1, -0.05) is 11.8 Å². The lowest BCUT2D eigenvalue weighted by Crippen LogP contribution is -2.32. The van der Waals surface area contributed by atoms with Gasteiger partial charge in [-0.15, -0.1) is 0 Å². The van der Waals surface area contributed by atoms with Crippen LogP contribution in [0.5, 0.6) is 0 Å². The van der Waals surface area contributed by atoms with E-state index < -0.39 is 5.82 Å². The van der Waals surface area contributed by atoms with E-state index in [0.717, 1.165) is 25.9 Å². The van der Waals surface area contributed by atoms with E-state index in [-0.39, 0.29) is 18.1 Å². The van der Waals surface area contributed by atoms with Crippen LogP contribution in [0.25, 0.3) is 0 Å². The summed E-state index contributed by atoms with van der Waals surface area (Å²) >= 11 is 0. The van der Waals surface area contributed by atoms with Crippen LogP contribution in [0.1, 0.15) is 18.4 Å². The third-order valence-electron chi connectivity index (χ3n) is 2.94. The fraction of sp³-hybridized carbons (Fsp3) is 0.357. The molecule has 100 valence electrons. The Kier molecular flexibility index (Phi) is 4.37. The predicted octanol–water partition coefficient (Wildman–Crippen LogP) is 1.76. The van der Waals surface area contributed by atoms with Crippen molar-refractivity contribution in [3.63, 3.8) is 0 Å². The Morgan fingerprint density at radius 1 is 1.42 bits per heavy atom. The molecule has 1 fully saturated rings. The molecule has 1 saturated heterocycles. The van der Waals surface area contributed by atoms with E-state index in [4.69, 9.17) is 5.73 Å². The second kappa shape index (κ2) is 6.21. The van der Waals surface area contributed by atoms with Gasteiger partial charge in [-0.25, -0.2) is 9.18 Å². The molecule has 3 N–H and O–H groups in total. The maximum Gasteiger partial charge on any atom is 0.321 e. The van der Waals surface area contributed by atoms with Gasteiger partial charge < -0.3 is 16.0 Å². The smallest absolute Gasteiger partial charge is 0.321 e. The van der Waals surface area contributed by atoms with E-state index in [2.05, 4.69) is 17.2 Å². The van der Waals surface area contributed by atoms with Crippen molar-refractivity contribution in [3.8, 4) is 11.8 Å². The average Bonchev–Trinajstić information content (AvgIpc) is 2.92. The third kappa shape index (κ3) is 3.46. The number of likely N-dealkylation sites (tertiary alicyclic amines) is 1. The summed E-state index contributed by atoms with van der Waals surface area (Å²) < 4.78 is 13.7. The van der Waals surface area contributed by atoms with Crippen LogP contribution in [0.4, 0.5) is 14.9 Å². The molecule has 4 nitrogen and oxygen atoms in total. The first-order valence-corrected chi connectivity index (χ1v) is 6.25. The van der Waals surface area contributed by atoms with Crippen LogP contribution < -0.4 is 11.1 Å². The normalized spacial score (nSPS) is 13.9. The minimum atomic E-state index is -0.458. The molecule has 2 amide bonds. The number of benzene rings is 1. The molecule has 2 rings (SSSR count). The minimum Gasteiger partial charge on any atom is -0.325 e. The van der Waals surface area contributed by atoms with Gasteiger partial charge in [0.1, 0.15) is 5.82 Å². The summed E-state index contributed by atoms with van der Waals surface area (Å²) in [6.07, 6.45) is 2.05. The topological polar surface area (TPSA) is 58.4 Å². The summed E-state index contributed by atoms with van der Waals surface area (Å²) in [7, 11) is 0. The van der Waals surface area contributed by atoms with Gasteiger partial charge in [0.2, 0.25) is 0 Å². The lowest BCUT2D eigenvalue weighted by Gasteiger charge is -2.16. The molecule has 0 saturated carbocycles. The minimum absolute atomic E-state index is 0.183. The molecule has 1 aliphatic rings. The zero-order valence-corrected chi connectivity index (χ0v) is 10.6. The molecule has 0 atom stereocenters. The van der Waals surface area contributed by atoms with E-state index in [9.17, 15) is 9.18 Å². The maximum absolute atomic E-state index is 13.7. The van der Waals surface area contributed by atoms with Crippen molar-refractivity contribution >= 4 is 11.7 Å². The van der Waals surface area contributed by atoms with Crippen molar-refractivity contribution in [1.29, 1.82) is 0 Å². The molecule has 0 unspecified atom stereocenters. The van der Waals surface area contributed by atoms with E-state index in [1.807, 2.05) is 0 Å². The number of carbonyl (C=O) groups is 1. The Bertz CT molecular complexity index is 527. The van der Waals surface area contributed by atoms with Crippen molar-refractivity contribution in [3.05, 3.63) is 29.6 Å². The first-order chi connectivity index (χ1) is 9.20. The fourth-order valence-corrected chi connectivity index (χ4v) is 1.96. The summed E-state index contributed by atoms with van der Waals surface area (Å²) in [6, 6.07) is 4.27. The predicted molar refractivity (Wildman–Crippen MR) is 72.2 cm³/mol. The van der Waals surface area contributed by atoms with E-state index >= 15 is 0 Å². The van der Waals surface area contributed by atoms with Crippen molar-refractivity contribution in [2.24, 2.45) is 5.73 Å². The molecule has 0 aliphatic carbocycles. The molecule has 1 heterocycles. The number of halogens is 1. The summed E-state index contributed by atoms with van der Waals surface area (Å²) in [4.78, 5) is 13.6. The second-order valence-electron chi connectivity index (χ2n) is 4.32. The standard InChI is InChI=1S/C14H16FN3O/c15-13-10-12(6-5-11(13)4-3-7-16)17-14(19)18-8-1-2-9-18/h5-6,10H,1-2,7-9,16H2,(H,17,19). The molecular weight excluding hydrogens is 245 g/mol. The van der Waals surface area contributed by atoms with Gasteiger partial charge in [0.25, 0.3) is 0 Å². The van der Waals surface area contributed by atoms with Crippen molar-refractivity contribution < 1.29 is 9.18 Å². The lowest BCUT2D eigenvalue weighted by molar-refractivity contribution is 0.222. The van der Waals surface area contributed by atoms with E-state index in [0.29, 0.717) is 5.69 Å². The number of nitrogens with two attached hydrogens (primary N) is 1. The Morgan fingerprint density at radius 2 is 2.16 bits per heavy atom. The Balaban J connectivity index is 2.05. The molecular formula is C14H16FN3O. The highest BCUT2D eigenvalue weighted by Crippen LogP contribution is 2.16. The molecule has 1 aromatic rings. The second-order valence-corrected chi connectivity index (χ2v) is 4.32. The largest absolute Gasteiger partial charge is 0.325 e. The first-order valence-electron chi connectivity index (χ1n) is 6.25. The number of carbonyl (C=O) groups excluding carboxylic acids is 1. The van der Waals surface area contributed by atoms with Crippen LogP contribution in [-0.2, 0) is 0 Å². The zero-order valence-electron chi connectivity index (χ0n) is 10.6. The number of urea groups is 1. The molecule has 0 radical (unpaired) electrons. The SMILES string of the molecule is NCC#Cc1ccc(NC(=O)N2CCCC2)cc1F. The summed E-state index contributed by atoms with van der Waals surface area (Å²) in [6.45, 7) is 1.70. The van der Waals surface area contributed by atoms with Crippen LogP contribution in [0.2, 0.25) is 0 Å². The summed E-state index contributed by atoms with van der Waals surface area (Å²) in [5.41, 5.74) is 5.95. The van der Waals surface area contributed by atoms with Gasteiger partial charge in [-0.05, 0) is 31.0 Å². The summed E-state index contributed by atoms with van der Waals surface area (Å²) in [5, 5.41) is 2.68. The molecule has 1 aromatic carbocycles. The average molecular weight is 261 g/mol. The molecule has 5 heteroatoms. The lowest BCUT2D eigenvalue weighted by atomic mass is 10.2. The van der Waals surface area contributed by atoms with Crippen molar-refractivity contribution in [1.82, 2.24) is 4.90 Å². The molecule has 0 bridgehead atoms. The Labute approximate surface area is 111 Å². The molecule has 0 spiro atoms. The van der Waals surface area contributed by atoms with Gasteiger partial charge in [-0.2, -0.15) is 0 Å². The first kappa shape index (κ1) is 13.4. The number of hydrogen-bond donors (Lipinski definition) is 2. The highest BCUT2D eigenvalue weighted by molar-refractivity contribution is 5.89. The van der Waals surface area contributed by atoms with Crippen molar-refractivity contribution in [2.45, 2.75) is 12.8 Å². The highest BCUT2D eigenvalue weighted by atomic mass is 19.1. The number of amides is 2. The van der Waals surface area contributed by atoms with Gasteiger partial charge in [0.05, 0.1) is 12.1 Å². The van der Waals surface area contributed by atoms with Gasteiger partial charge in [0.15, 0.2) is 0 Å². The molecule has 1 aliphatic heterocycles. The number of nitrogens with one attached hydrogen (secondary N) is 1. The van der Waals surface area contributed by atoms with Gasteiger partial charge in [0, 0.05) is 18.8 Å².